The number of nitrogens with zero attached hydrogens (tertiary/aromatic N) is 2. The van der Waals surface area contributed by atoms with Gasteiger partial charge in [-0.05, 0) is 18.2 Å². The summed E-state index contributed by atoms with van der Waals surface area (Å²) >= 11 is 0. The Balaban J connectivity index is 1.82. The number of para-hydroxylation sites is 2. The van der Waals surface area contributed by atoms with E-state index in [-0.39, 0.29) is 6.04 Å². The molecule has 1 aliphatic rings. The fraction of sp³-hybridized carbons (Fsp3) is 0.294. The average Bonchev–Trinajstić information content (AvgIpc) is 2.56. The maximum absolute atomic E-state index is 5.46. The van der Waals surface area contributed by atoms with E-state index in [4.69, 9.17) is 10.1 Å². The lowest BCUT2D eigenvalue weighted by atomic mass is 10.0. The monoisotopic (exact) mass is 267 g/mol. The Kier molecular flexibility index (Phi) is 3.88. The summed E-state index contributed by atoms with van der Waals surface area (Å²) < 4.78 is 5.46. The second kappa shape index (κ2) is 5.97. The Morgan fingerprint density at radius 2 is 1.80 bits per heavy atom. The molecule has 3 nitrogen and oxygen atoms in total. The van der Waals surface area contributed by atoms with E-state index in [1.807, 2.05) is 12.1 Å². The van der Waals surface area contributed by atoms with Gasteiger partial charge in [-0.15, -0.1) is 0 Å². The topological polar surface area (TPSA) is 26.6 Å². The van der Waals surface area contributed by atoms with Crippen LogP contribution in [0.25, 0.3) is 0 Å². The third kappa shape index (κ3) is 2.63. The molecule has 2 aromatic rings. The molecule has 0 bridgehead atoms. The zero-order valence-electron chi connectivity index (χ0n) is 11.7. The van der Waals surface area contributed by atoms with E-state index >= 15 is 0 Å². The molecule has 1 unspecified atom stereocenters. The van der Waals surface area contributed by atoms with Gasteiger partial charge in [0.15, 0.2) is 0 Å². The van der Waals surface area contributed by atoms with Crippen LogP contribution in [-0.4, -0.2) is 26.7 Å². The van der Waals surface area contributed by atoms with Crippen molar-refractivity contribution in [2.75, 3.05) is 31.6 Å². The summed E-state index contributed by atoms with van der Waals surface area (Å²) in [7, 11) is 1.72. The van der Waals surface area contributed by atoms with E-state index in [0.717, 1.165) is 25.4 Å². The van der Waals surface area contributed by atoms with Gasteiger partial charge in [0.05, 0.1) is 13.2 Å². The zero-order chi connectivity index (χ0) is 13.8. The van der Waals surface area contributed by atoms with Crippen molar-refractivity contribution in [1.29, 1.82) is 0 Å². The smallest absolute Gasteiger partial charge is 0.123 e. The predicted octanol–water partition coefficient (Wildman–Crippen LogP) is 2.86. The predicted molar refractivity (Wildman–Crippen MR) is 81.4 cm³/mol. The summed E-state index contributed by atoms with van der Waals surface area (Å²) in [5.41, 5.74) is 2.44. The van der Waals surface area contributed by atoms with Crippen LogP contribution in [0.2, 0.25) is 0 Å². The normalized spacial score (nSPS) is 18.9. The molecule has 0 amide bonds. The lowest BCUT2D eigenvalue weighted by molar-refractivity contribution is 0.390. The summed E-state index contributed by atoms with van der Waals surface area (Å²) in [5.74, 6) is 0.927. The van der Waals surface area contributed by atoms with Gasteiger partial charge in [0.1, 0.15) is 5.75 Å². The first-order valence-corrected chi connectivity index (χ1v) is 6.98. The van der Waals surface area contributed by atoms with Crippen molar-refractivity contribution in [3.8, 4) is 5.75 Å². The van der Waals surface area contributed by atoms with Gasteiger partial charge in [-0.25, -0.2) is 5.32 Å². The van der Waals surface area contributed by atoms with Crippen LogP contribution in [0.1, 0.15) is 11.6 Å². The molecule has 1 radical (unpaired) electrons. The number of methoxy groups -OCH3 is 1. The standard InChI is InChI=1S/C17H19N2O/c1-20-17-10-6-5-9-15(17)16-13-19(12-11-18-16)14-7-3-2-4-8-14/h2-10,16H,11-13H2,1H3. The number of hydrogen-bond donors (Lipinski definition) is 0. The quantitative estimate of drug-likeness (QED) is 0.855. The van der Waals surface area contributed by atoms with Crippen LogP contribution in [0.15, 0.2) is 54.6 Å². The third-order valence-corrected chi connectivity index (χ3v) is 3.73. The highest BCUT2D eigenvalue weighted by molar-refractivity contribution is 5.48. The van der Waals surface area contributed by atoms with Gasteiger partial charge in [-0.1, -0.05) is 36.4 Å². The van der Waals surface area contributed by atoms with Crippen molar-refractivity contribution in [3.63, 3.8) is 0 Å². The van der Waals surface area contributed by atoms with Crippen molar-refractivity contribution in [2.24, 2.45) is 0 Å². The molecule has 20 heavy (non-hydrogen) atoms. The Hall–Kier alpha value is -2.00. The lowest BCUT2D eigenvalue weighted by Gasteiger charge is -2.34. The molecule has 0 spiro atoms. The highest BCUT2D eigenvalue weighted by Gasteiger charge is 2.24. The maximum Gasteiger partial charge on any atom is 0.123 e. The molecule has 103 valence electrons. The van der Waals surface area contributed by atoms with Gasteiger partial charge in [0.2, 0.25) is 0 Å². The fourth-order valence-electron chi connectivity index (χ4n) is 2.70. The van der Waals surface area contributed by atoms with E-state index in [1.165, 1.54) is 11.3 Å². The molecule has 0 aliphatic carbocycles. The second-order valence-electron chi connectivity index (χ2n) is 4.95. The molecular weight excluding hydrogens is 248 g/mol. The molecule has 3 rings (SSSR count). The van der Waals surface area contributed by atoms with Gasteiger partial charge in [0, 0.05) is 30.9 Å². The first-order valence-electron chi connectivity index (χ1n) is 6.98. The van der Waals surface area contributed by atoms with E-state index in [0.29, 0.717) is 0 Å². The molecule has 1 saturated heterocycles. The summed E-state index contributed by atoms with van der Waals surface area (Å²) in [4.78, 5) is 2.39. The van der Waals surface area contributed by atoms with Crippen molar-refractivity contribution >= 4 is 5.69 Å². The minimum Gasteiger partial charge on any atom is -0.496 e. The molecule has 1 heterocycles. The van der Waals surface area contributed by atoms with E-state index < -0.39 is 0 Å². The fourth-order valence-corrected chi connectivity index (χ4v) is 2.70. The van der Waals surface area contributed by atoms with Gasteiger partial charge in [0.25, 0.3) is 0 Å². The van der Waals surface area contributed by atoms with Crippen molar-refractivity contribution < 1.29 is 4.74 Å². The van der Waals surface area contributed by atoms with Crippen LogP contribution in [0.3, 0.4) is 0 Å². The summed E-state index contributed by atoms with van der Waals surface area (Å²) in [6.07, 6.45) is 0. The van der Waals surface area contributed by atoms with Crippen molar-refractivity contribution in [1.82, 2.24) is 5.32 Å². The molecule has 1 aliphatic heterocycles. The number of anilines is 1. The van der Waals surface area contributed by atoms with Crippen LogP contribution < -0.4 is 15.0 Å². The zero-order valence-corrected chi connectivity index (χ0v) is 11.7. The van der Waals surface area contributed by atoms with Crippen LogP contribution in [0, 0.1) is 0 Å². The second-order valence-corrected chi connectivity index (χ2v) is 4.95. The molecule has 1 atom stereocenters. The summed E-state index contributed by atoms with van der Waals surface area (Å²) in [6, 6.07) is 18.9. The van der Waals surface area contributed by atoms with E-state index in [2.05, 4.69) is 47.4 Å². The van der Waals surface area contributed by atoms with Crippen molar-refractivity contribution in [3.05, 3.63) is 60.2 Å². The first kappa shape index (κ1) is 13.0. The van der Waals surface area contributed by atoms with Crippen LogP contribution in [0.4, 0.5) is 5.69 Å². The molecule has 1 fully saturated rings. The van der Waals surface area contributed by atoms with Crippen LogP contribution in [0.5, 0.6) is 5.75 Å². The van der Waals surface area contributed by atoms with E-state index in [1.54, 1.807) is 7.11 Å². The SMILES string of the molecule is COc1ccccc1C1CN(c2ccccc2)CC[N]1. The Bertz CT molecular complexity index is 556. The highest BCUT2D eigenvalue weighted by Crippen LogP contribution is 2.29. The Labute approximate surface area is 120 Å². The molecule has 3 heteroatoms. The number of benzene rings is 2. The highest BCUT2D eigenvalue weighted by atomic mass is 16.5. The lowest BCUT2D eigenvalue weighted by Crippen LogP contribution is -2.42. The van der Waals surface area contributed by atoms with Crippen LogP contribution in [-0.2, 0) is 0 Å². The van der Waals surface area contributed by atoms with Crippen LogP contribution >= 0.6 is 0 Å². The maximum atomic E-state index is 5.46. The number of rotatable bonds is 3. The van der Waals surface area contributed by atoms with Gasteiger partial charge in [-0.2, -0.15) is 0 Å². The molecule has 0 saturated carbocycles. The third-order valence-electron chi connectivity index (χ3n) is 3.73. The van der Waals surface area contributed by atoms with Gasteiger partial charge >= 0.3 is 0 Å². The number of hydrogen-bond acceptors (Lipinski definition) is 2. The first-order chi connectivity index (χ1) is 9.88. The van der Waals surface area contributed by atoms with Gasteiger partial charge in [-0.3, -0.25) is 0 Å². The molecule has 0 aromatic heterocycles. The Morgan fingerprint density at radius 1 is 1.05 bits per heavy atom. The summed E-state index contributed by atoms with van der Waals surface area (Å²) in [6.45, 7) is 2.75. The Morgan fingerprint density at radius 3 is 2.60 bits per heavy atom. The summed E-state index contributed by atoms with van der Waals surface area (Å²) in [5, 5.41) is 4.76. The average molecular weight is 267 g/mol. The molecule has 2 aromatic carbocycles. The van der Waals surface area contributed by atoms with E-state index in [9.17, 15) is 0 Å². The molecule has 0 N–H and O–H groups in total. The largest absolute Gasteiger partial charge is 0.496 e. The number of piperazine rings is 1. The minimum atomic E-state index is 0.181. The van der Waals surface area contributed by atoms with Crippen molar-refractivity contribution in [2.45, 2.75) is 6.04 Å². The van der Waals surface area contributed by atoms with Gasteiger partial charge < -0.3 is 9.64 Å². The molecular formula is C17H19N2O. The number of ether oxygens (including phenoxy) is 1. The minimum absolute atomic E-state index is 0.181.